The summed E-state index contributed by atoms with van der Waals surface area (Å²) in [6, 6.07) is 11.9. The van der Waals surface area contributed by atoms with Gasteiger partial charge in [0.25, 0.3) is 0 Å². The van der Waals surface area contributed by atoms with Gasteiger partial charge in [-0.15, -0.1) is 22.6 Å². The number of halogens is 1. The lowest BCUT2D eigenvalue weighted by Gasteiger charge is -2.10. The van der Waals surface area contributed by atoms with Gasteiger partial charge in [0.1, 0.15) is 0 Å². The summed E-state index contributed by atoms with van der Waals surface area (Å²) in [6.07, 6.45) is -0.403. The molecule has 2 rings (SSSR count). The summed E-state index contributed by atoms with van der Waals surface area (Å²) in [5, 5.41) is 20.6. The van der Waals surface area contributed by atoms with Gasteiger partial charge in [0.2, 0.25) is 0 Å². The second-order valence-corrected chi connectivity index (χ2v) is 4.36. The Balaban J connectivity index is 0.00000180. The van der Waals surface area contributed by atoms with Crippen molar-refractivity contribution in [3.8, 4) is 11.3 Å². The van der Waals surface area contributed by atoms with Gasteiger partial charge in [-0.3, -0.25) is 0 Å². The van der Waals surface area contributed by atoms with Crippen molar-refractivity contribution in [2.45, 2.75) is 20.0 Å². The normalized spacial score (nSPS) is 11.5. The molecule has 0 amide bonds. The minimum Gasteiger partial charge on any atom is -0.392 e. The number of nitrogens with zero attached hydrogens (tertiary/aromatic N) is 2. The molecule has 1 aromatic carbocycles. The van der Waals surface area contributed by atoms with Crippen LogP contribution in [-0.4, -0.2) is 28.0 Å². The van der Waals surface area contributed by atoms with E-state index in [1.54, 1.807) is 6.92 Å². The Kier molecular flexibility index (Phi) is 5.73. The topological polar surface area (TPSA) is 58.0 Å². The van der Waals surface area contributed by atoms with E-state index in [0.29, 0.717) is 6.54 Å². The summed E-state index contributed by atoms with van der Waals surface area (Å²) < 4.78 is 0. The van der Waals surface area contributed by atoms with E-state index in [9.17, 15) is 5.11 Å². The number of hydrogen-bond acceptors (Lipinski definition) is 4. The van der Waals surface area contributed by atoms with Crippen molar-refractivity contribution in [2.75, 3.05) is 11.9 Å². The average Bonchev–Trinajstić information content (AvgIpc) is 2.38. The molecule has 1 aromatic heterocycles. The van der Waals surface area contributed by atoms with Gasteiger partial charge < -0.3 is 10.4 Å². The molecule has 0 bridgehead atoms. The molecule has 1 heterocycles. The van der Waals surface area contributed by atoms with E-state index in [4.69, 9.17) is 0 Å². The van der Waals surface area contributed by atoms with Crippen LogP contribution in [0.2, 0.25) is 0 Å². The molecular formula is C14H18ClN3O. The first kappa shape index (κ1) is 15.4. The molecule has 0 aliphatic heterocycles. The maximum atomic E-state index is 9.23. The van der Waals surface area contributed by atoms with E-state index >= 15 is 0 Å². The molecule has 19 heavy (non-hydrogen) atoms. The molecule has 4 nitrogen and oxygen atoms in total. The lowest BCUT2D eigenvalue weighted by molar-refractivity contribution is 0.208. The van der Waals surface area contributed by atoms with Crippen LogP contribution in [0.1, 0.15) is 12.5 Å². The van der Waals surface area contributed by atoms with Gasteiger partial charge in [0.15, 0.2) is 5.82 Å². The summed E-state index contributed by atoms with van der Waals surface area (Å²) in [7, 11) is 0. The van der Waals surface area contributed by atoms with Crippen molar-refractivity contribution in [1.82, 2.24) is 10.2 Å². The number of aliphatic hydroxyl groups excluding tert-OH is 1. The van der Waals surface area contributed by atoms with E-state index in [-0.39, 0.29) is 12.4 Å². The fourth-order valence-electron chi connectivity index (χ4n) is 1.65. The van der Waals surface area contributed by atoms with Crippen LogP contribution in [0.4, 0.5) is 5.82 Å². The van der Waals surface area contributed by atoms with Gasteiger partial charge in [0, 0.05) is 12.1 Å². The number of aryl methyl sites for hydroxylation is 1. The molecule has 0 saturated carbocycles. The Morgan fingerprint density at radius 1 is 1.21 bits per heavy atom. The summed E-state index contributed by atoms with van der Waals surface area (Å²) in [4.78, 5) is 0. The van der Waals surface area contributed by atoms with Crippen LogP contribution in [-0.2, 0) is 0 Å². The van der Waals surface area contributed by atoms with Crippen molar-refractivity contribution in [3.05, 3.63) is 42.0 Å². The van der Waals surface area contributed by atoms with E-state index in [1.807, 2.05) is 43.3 Å². The molecule has 2 N–H and O–H groups in total. The first-order chi connectivity index (χ1) is 8.66. The monoisotopic (exact) mass is 279 g/mol. The second kappa shape index (κ2) is 7.07. The zero-order valence-corrected chi connectivity index (χ0v) is 11.8. The number of hydrogen-bond donors (Lipinski definition) is 2. The standard InChI is InChI=1S/C14H17N3O.ClH/c1-10-8-13(12-6-4-3-5-7-12)16-17-14(10)15-9-11(2)18;/h3-8,11,18H,9H2,1-2H3,(H,15,17);1H. The Hall–Kier alpha value is -1.65. The number of anilines is 1. The molecule has 1 unspecified atom stereocenters. The number of benzene rings is 1. The van der Waals surface area contributed by atoms with Crippen LogP contribution in [0.5, 0.6) is 0 Å². The minimum absolute atomic E-state index is 0. The molecule has 102 valence electrons. The second-order valence-electron chi connectivity index (χ2n) is 4.36. The van der Waals surface area contributed by atoms with Crippen LogP contribution < -0.4 is 5.32 Å². The van der Waals surface area contributed by atoms with Gasteiger partial charge in [0.05, 0.1) is 11.8 Å². The van der Waals surface area contributed by atoms with Crippen molar-refractivity contribution in [1.29, 1.82) is 0 Å². The lowest BCUT2D eigenvalue weighted by atomic mass is 10.1. The average molecular weight is 280 g/mol. The molecule has 0 radical (unpaired) electrons. The van der Waals surface area contributed by atoms with Crippen molar-refractivity contribution < 1.29 is 5.11 Å². The van der Waals surface area contributed by atoms with Crippen molar-refractivity contribution in [2.24, 2.45) is 0 Å². The number of aromatic nitrogens is 2. The van der Waals surface area contributed by atoms with Crippen molar-refractivity contribution >= 4 is 18.2 Å². The van der Waals surface area contributed by atoms with Gasteiger partial charge in [-0.25, -0.2) is 0 Å². The number of aliphatic hydroxyl groups is 1. The molecule has 0 saturated heterocycles. The minimum atomic E-state index is -0.403. The van der Waals surface area contributed by atoms with Crippen LogP contribution in [0.15, 0.2) is 36.4 Å². The van der Waals surface area contributed by atoms with E-state index in [1.165, 1.54) is 0 Å². The number of rotatable bonds is 4. The lowest BCUT2D eigenvalue weighted by Crippen LogP contribution is -2.17. The van der Waals surface area contributed by atoms with Crippen LogP contribution in [0, 0.1) is 6.92 Å². The first-order valence-corrected chi connectivity index (χ1v) is 5.98. The SMILES string of the molecule is Cc1cc(-c2ccccc2)nnc1NCC(C)O.Cl. The molecule has 5 heteroatoms. The van der Waals surface area contributed by atoms with E-state index < -0.39 is 6.10 Å². The highest BCUT2D eigenvalue weighted by atomic mass is 35.5. The Bertz CT molecular complexity index is 517. The Morgan fingerprint density at radius 3 is 2.47 bits per heavy atom. The summed E-state index contributed by atoms with van der Waals surface area (Å²) in [5.74, 6) is 0.718. The quantitative estimate of drug-likeness (QED) is 0.903. The van der Waals surface area contributed by atoms with Crippen LogP contribution in [0.25, 0.3) is 11.3 Å². The molecule has 0 fully saturated rings. The molecule has 0 spiro atoms. The fourth-order valence-corrected chi connectivity index (χ4v) is 1.65. The maximum absolute atomic E-state index is 9.23. The van der Waals surface area contributed by atoms with E-state index in [2.05, 4.69) is 15.5 Å². The Morgan fingerprint density at radius 2 is 1.89 bits per heavy atom. The maximum Gasteiger partial charge on any atom is 0.151 e. The predicted molar refractivity (Wildman–Crippen MR) is 79.6 cm³/mol. The Labute approximate surface area is 119 Å². The van der Waals surface area contributed by atoms with Gasteiger partial charge in [-0.2, -0.15) is 0 Å². The molecule has 0 aliphatic carbocycles. The molecule has 0 aliphatic rings. The fraction of sp³-hybridized carbons (Fsp3) is 0.286. The van der Waals surface area contributed by atoms with Gasteiger partial charge in [-0.05, 0) is 25.5 Å². The summed E-state index contributed by atoms with van der Waals surface area (Å²) >= 11 is 0. The first-order valence-electron chi connectivity index (χ1n) is 5.98. The van der Waals surface area contributed by atoms with E-state index in [0.717, 1.165) is 22.6 Å². The zero-order valence-electron chi connectivity index (χ0n) is 11.0. The summed E-state index contributed by atoms with van der Waals surface area (Å²) in [6.45, 7) is 4.18. The largest absolute Gasteiger partial charge is 0.392 e. The zero-order chi connectivity index (χ0) is 13.0. The highest BCUT2D eigenvalue weighted by Gasteiger charge is 2.05. The van der Waals surface area contributed by atoms with Gasteiger partial charge in [-0.1, -0.05) is 30.3 Å². The third kappa shape index (κ3) is 4.19. The highest BCUT2D eigenvalue weighted by Crippen LogP contribution is 2.19. The summed E-state index contributed by atoms with van der Waals surface area (Å²) in [5.41, 5.74) is 2.93. The highest BCUT2D eigenvalue weighted by molar-refractivity contribution is 5.85. The predicted octanol–water partition coefficient (Wildman–Crippen LogP) is 2.67. The van der Waals surface area contributed by atoms with Crippen LogP contribution in [0.3, 0.4) is 0 Å². The van der Waals surface area contributed by atoms with Gasteiger partial charge >= 0.3 is 0 Å². The molecular weight excluding hydrogens is 262 g/mol. The smallest absolute Gasteiger partial charge is 0.151 e. The van der Waals surface area contributed by atoms with Crippen molar-refractivity contribution in [3.63, 3.8) is 0 Å². The third-order valence-corrected chi connectivity index (χ3v) is 2.62. The molecule has 2 aromatic rings. The molecule has 1 atom stereocenters. The third-order valence-electron chi connectivity index (χ3n) is 2.62. The van der Waals surface area contributed by atoms with Crippen LogP contribution >= 0.6 is 12.4 Å². The number of nitrogens with one attached hydrogen (secondary N) is 1.